The highest BCUT2D eigenvalue weighted by Crippen LogP contribution is 2.29. The molecule has 1 aromatic carbocycles. The van der Waals surface area contributed by atoms with Gasteiger partial charge in [-0.25, -0.2) is 0 Å². The molecule has 2 nitrogen and oxygen atoms in total. The number of hydrogen-bond donors (Lipinski definition) is 1. The van der Waals surface area contributed by atoms with E-state index < -0.39 is 0 Å². The first kappa shape index (κ1) is 14.0. The molecule has 96 valence electrons. The maximum Gasteiger partial charge on any atom is 0.122 e. The van der Waals surface area contributed by atoms with Crippen molar-refractivity contribution in [3.05, 3.63) is 29.3 Å². The van der Waals surface area contributed by atoms with Gasteiger partial charge in [-0.05, 0) is 42.4 Å². The van der Waals surface area contributed by atoms with Gasteiger partial charge in [0.1, 0.15) is 5.75 Å². The van der Waals surface area contributed by atoms with E-state index in [2.05, 4.69) is 39.0 Å². The van der Waals surface area contributed by atoms with Crippen molar-refractivity contribution in [1.82, 2.24) is 0 Å². The van der Waals surface area contributed by atoms with Crippen molar-refractivity contribution in [2.24, 2.45) is 5.73 Å². The zero-order valence-electron chi connectivity index (χ0n) is 11.5. The van der Waals surface area contributed by atoms with Crippen LogP contribution in [0.1, 0.15) is 50.7 Å². The Hall–Kier alpha value is -1.02. The van der Waals surface area contributed by atoms with Crippen molar-refractivity contribution in [2.75, 3.05) is 7.11 Å². The molecule has 1 rings (SSSR count). The third-order valence-electron chi connectivity index (χ3n) is 3.46. The lowest BCUT2D eigenvalue weighted by Crippen LogP contribution is -2.21. The normalized spacial score (nSPS) is 14.4. The first-order valence-electron chi connectivity index (χ1n) is 6.54. The summed E-state index contributed by atoms with van der Waals surface area (Å²) in [7, 11) is 1.73. The van der Waals surface area contributed by atoms with Gasteiger partial charge in [0.25, 0.3) is 0 Å². The minimum Gasteiger partial charge on any atom is -0.496 e. The van der Waals surface area contributed by atoms with Gasteiger partial charge in [0.2, 0.25) is 0 Å². The molecule has 2 heteroatoms. The summed E-state index contributed by atoms with van der Waals surface area (Å²) in [4.78, 5) is 0. The summed E-state index contributed by atoms with van der Waals surface area (Å²) in [6.07, 6.45) is 3.09. The molecule has 0 heterocycles. The minimum atomic E-state index is 0.258. The molecule has 0 fully saturated rings. The zero-order chi connectivity index (χ0) is 12.8. The highest BCUT2D eigenvalue weighted by molar-refractivity contribution is 5.39. The van der Waals surface area contributed by atoms with E-state index in [4.69, 9.17) is 10.5 Å². The highest BCUT2D eigenvalue weighted by atomic mass is 16.5. The van der Waals surface area contributed by atoms with Crippen LogP contribution in [0, 0.1) is 0 Å². The Morgan fingerprint density at radius 1 is 1.24 bits per heavy atom. The van der Waals surface area contributed by atoms with E-state index in [1.54, 1.807) is 7.11 Å². The molecule has 0 aliphatic heterocycles. The molecule has 0 aromatic heterocycles. The molecule has 0 saturated carbocycles. The van der Waals surface area contributed by atoms with Crippen molar-refractivity contribution in [3.8, 4) is 5.75 Å². The van der Waals surface area contributed by atoms with Gasteiger partial charge in [0.15, 0.2) is 0 Å². The van der Waals surface area contributed by atoms with Crippen LogP contribution >= 0.6 is 0 Å². The maximum absolute atomic E-state index is 6.00. The molecule has 2 atom stereocenters. The second-order valence-electron chi connectivity index (χ2n) is 4.76. The van der Waals surface area contributed by atoms with Gasteiger partial charge < -0.3 is 10.5 Å². The fourth-order valence-electron chi connectivity index (χ4n) is 1.96. The number of methoxy groups -OCH3 is 1. The fraction of sp³-hybridized carbons (Fsp3) is 0.600. The molecular weight excluding hydrogens is 210 g/mol. The average Bonchev–Trinajstić information content (AvgIpc) is 2.37. The number of hydrogen-bond acceptors (Lipinski definition) is 2. The van der Waals surface area contributed by atoms with Crippen molar-refractivity contribution in [1.29, 1.82) is 0 Å². The van der Waals surface area contributed by atoms with Crippen LogP contribution in [0.4, 0.5) is 0 Å². The van der Waals surface area contributed by atoms with Gasteiger partial charge in [-0.3, -0.25) is 0 Å². The Labute approximate surface area is 105 Å². The van der Waals surface area contributed by atoms with Crippen LogP contribution in [0.2, 0.25) is 0 Å². The van der Waals surface area contributed by atoms with Gasteiger partial charge >= 0.3 is 0 Å². The molecule has 0 aliphatic rings. The van der Waals surface area contributed by atoms with Crippen LogP contribution in [0.15, 0.2) is 18.2 Å². The average molecular weight is 235 g/mol. The maximum atomic E-state index is 6.00. The lowest BCUT2D eigenvalue weighted by atomic mass is 9.93. The quantitative estimate of drug-likeness (QED) is 0.819. The van der Waals surface area contributed by atoms with Crippen molar-refractivity contribution in [3.63, 3.8) is 0 Å². The van der Waals surface area contributed by atoms with Crippen LogP contribution in [0.3, 0.4) is 0 Å². The molecule has 0 aliphatic carbocycles. The summed E-state index contributed by atoms with van der Waals surface area (Å²) in [5.74, 6) is 1.52. The van der Waals surface area contributed by atoms with Crippen LogP contribution in [0.5, 0.6) is 5.75 Å². The van der Waals surface area contributed by atoms with E-state index in [1.165, 1.54) is 11.1 Å². The lowest BCUT2D eigenvalue weighted by molar-refractivity contribution is 0.405. The van der Waals surface area contributed by atoms with Crippen LogP contribution in [0.25, 0.3) is 0 Å². The minimum absolute atomic E-state index is 0.258. The molecule has 0 radical (unpaired) electrons. The van der Waals surface area contributed by atoms with Crippen LogP contribution in [-0.2, 0) is 6.42 Å². The summed E-state index contributed by atoms with van der Waals surface area (Å²) >= 11 is 0. The number of nitrogens with two attached hydrogens (primary N) is 1. The molecule has 1 aromatic rings. The van der Waals surface area contributed by atoms with E-state index in [1.807, 2.05) is 0 Å². The second kappa shape index (κ2) is 6.65. The smallest absolute Gasteiger partial charge is 0.122 e. The highest BCUT2D eigenvalue weighted by Gasteiger charge is 2.11. The van der Waals surface area contributed by atoms with Crippen molar-refractivity contribution in [2.45, 2.75) is 52.0 Å². The van der Waals surface area contributed by atoms with Crippen molar-refractivity contribution >= 4 is 0 Å². The molecule has 2 unspecified atom stereocenters. The SMILES string of the molecule is CCC(N)Cc1ccc(OC)c(C(C)CC)c1. The Morgan fingerprint density at radius 3 is 2.47 bits per heavy atom. The van der Waals surface area contributed by atoms with E-state index in [-0.39, 0.29) is 6.04 Å². The van der Waals surface area contributed by atoms with E-state index in [0.29, 0.717) is 5.92 Å². The third-order valence-corrected chi connectivity index (χ3v) is 3.46. The molecule has 0 saturated heterocycles. The van der Waals surface area contributed by atoms with Gasteiger partial charge in [0, 0.05) is 6.04 Å². The Morgan fingerprint density at radius 2 is 1.94 bits per heavy atom. The summed E-state index contributed by atoms with van der Waals surface area (Å²) in [6, 6.07) is 6.70. The van der Waals surface area contributed by atoms with E-state index in [9.17, 15) is 0 Å². The molecule has 2 N–H and O–H groups in total. The van der Waals surface area contributed by atoms with Gasteiger partial charge in [-0.15, -0.1) is 0 Å². The Bertz CT molecular complexity index is 349. The molecule has 0 spiro atoms. The third kappa shape index (κ3) is 3.74. The Kier molecular flexibility index (Phi) is 5.49. The van der Waals surface area contributed by atoms with Gasteiger partial charge in [-0.2, -0.15) is 0 Å². The largest absolute Gasteiger partial charge is 0.496 e. The summed E-state index contributed by atoms with van der Waals surface area (Å²) < 4.78 is 5.42. The molecule has 0 amide bonds. The lowest BCUT2D eigenvalue weighted by Gasteiger charge is -2.17. The predicted octanol–water partition coefficient (Wildman–Crippen LogP) is 3.49. The van der Waals surface area contributed by atoms with Crippen LogP contribution < -0.4 is 10.5 Å². The predicted molar refractivity (Wildman–Crippen MR) is 73.7 cm³/mol. The standard InChI is InChI=1S/C15H25NO/c1-5-11(3)14-10-12(9-13(16)6-2)7-8-15(14)17-4/h7-8,10-11,13H,5-6,9,16H2,1-4H3. The molecule has 0 bridgehead atoms. The van der Waals surface area contributed by atoms with Gasteiger partial charge in [-0.1, -0.05) is 32.9 Å². The summed E-state index contributed by atoms with van der Waals surface area (Å²) in [5.41, 5.74) is 8.62. The summed E-state index contributed by atoms with van der Waals surface area (Å²) in [6.45, 7) is 6.57. The fourth-order valence-corrected chi connectivity index (χ4v) is 1.96. The van der Waals surface area contributed by atoms with Crippen molar-refractivity contribution < 1.29 is 4.74 Å². The monoisotopic (exact) mass is 235 g/mol. The van der Waals surface area contributed by atoms with Crippen LogP contribution in [-0.4, -0.2) is 13.2 Å². The first-order chi connectivity index (χ1) is 8.12. The molecule has 17 heavy (non-hydrogen) atoms. The topological polar surface area (TPSA) is 35.2 Å². The number of benzene rings is 1. The molecular formula is C15H25NO. The zero-order valence-corrected chi connectivity index (χ0v) is 11.5. The van der Waals surface area contributed by atoms with E-state index >= 15 is 0 Å². The number of rotatable bonds is 6. The first-order valence-corrected chi connectivity index (χ1v) is 6.54. The second-order valence-corrected chi connectivity index (χ2v) is 4.76. The Balaban J connectivity index is 2.96. The summed E-state index contributed by atoms with van der Waals surface area (Å²) in [5, 5.41) is 0. The number of ether oxygens (including phenoxy) is 1. The van der Waals surface area contributed by atoms with E-state index in [0.717, 1.165) is 25.0 Å². The van der Waals surface area contributed by atoms with Gasteiger partial charge in [0.05, 0.1) is 7.11 Å².